The van der Waals surface area contributed by atoms with Gasteiger partial charge in [0, 0.05) is 5.47 Å². The fourth-order valence-electron chi connectivity index (χ4n) is 0. The molecule has 42 valence electrons. The number of hydrogen-bond donors (Lipinski definition) is 0. The van der Waals surface area contributed by atoms with Crippen LogP contribution >= 0.6 is 0 Å². The Morgan fingerprint density at radius 3 is 1.25 bits per heavy atom. The number of alkyl halides is 1. The molecule has 0 spiro atoms. The van der Waals surface area contributed by atoms with Crippen LogP contribution in [0.4, 0.5) is 4.39 Å². The third-order valence-electron chi connectivity index (χ3n) is 1.15. The second kappa shape index (κ2) is 1.78. The van der Waals surface area contributed by atoms with Gasteiger partial charge in [-0.15, -0.1) is 0 Å². The summed E-state index contributed by atoms with van der Waals surface area (Å²) >= 11 is 0. The maximum absolute atomic E-state index is 12.5. The van der Waals surface area contributed by atoms with Crippen molar-refractivity contribution in [1.82, 2.24) is 0 Å². The summed E-state index contributed by atoms with van der Waals surface area (Å²) in [5.41, 5.74) is -2.74. The molecule has 0 aliphatic rings. The van der Waals surface area contributed by atoms with E-state index >= 15 is 0 Å². The van der Waals surface area contributed by atoms with Crippen molar-refractivity contribution in [3.63, 3.8) is 0 Å². The lowest BCUT2D eigenvalue weighted by atomic mass is 9.54. The van der Waals surface area contributed by atoms with Crippen LogP contribution in [0.5, 0.6) is 0 Å². The lowest BCUT2D eigenvalue weighted by Gasteiger charge is -2.31. The van der Waals surface area contributed by atoms with E-state index in [0.29, 0.717) is 0 Å². The largest absolute Gasteiger partial charge is 0.265 e. The lowest BCUT2D eigenvalue weighted by molar-refractivity contribution is 0.200. The molecule has 0 aromatic rings. The second-order valence-electron chi connectivity index (χ2n) is 3.02. The second-order valence-corrected chi connectivity index (χ2v) is 3.02. The summed E-state index contributed by atoms with van der Waals surface area (Å²) in [5, 5.41) is 0. The predicted octanol–water partition coefficient (Wildman–Crippen LogP) is 0.993. The third kappa shape index (κ3) is 1.89. The van der Waals surface area contributed by atoms with Crippen LogP contribution in [-0.2, 0) is 0 Å². The molecule has 3 heteroatoms. The molecular weight excluding hydrogens is 101 g/mol. The molecule has 0 aromatic carbocycles. The van der Waals surface area contributed by atoms with Crippen LogP contribution in [0.25, 0.3) is 0 Å². The van der Waals surface area contributed by atoms with Crippen LogP contribution in [-0.4, -0.2) is 21.2 Å². The van der Waals surface area contributed by atoms with Gasteiger partial charge in [-0.05, 0) is 5.41 Å². The van der Waals surface area contributed by atoms with E-state index < -0.39 is 10.9 Å². The van der Waals surface area contributed by atoms with Crippen molar-refractivity contribution >= 4 is 15.7 Å². The van der Waals surface area contributed by atoms with Crippen molar-refractivity contribution in [3.05, 3.63) is 0 Å². The van der Waals surface area contributed by atoms with Gasteiger partial charge in [0.25, 0.3) is 0 Å². The van der Waals surface area contributed by atoms with Crippen LogP contribution in [0.2, 0.25) is 0 Å². The minimum Gasteiger partial charge on any atom is -0.265 e. The minimum atomic E-state index is -2.06. The molecule has 0 amide bonds. The zero-order chi connectivity index (χ0) is 7.00. The van der Waals surface area contributed by atoms with Crippen molar-refractivity contribution in [3.8, 4) is 0 Å². The van der Waals surface area contributed by atoms with Gasteiger partial charge in [-0.2, -0.15) is 0 Å². The first-order valence-corrected chi connectivity index (χ1v) is 2.52. The van der Waals surface area contributed by atoms with Crippen molar-refractivity contribution in [2.45, 2.75) is 26.2 Å². The van der Waals surface area contributed by atoms with E-state index in [4.69, 9.17) is 15.7 Å². The smallest absolute Gasteiger partial charge is 0.107 e. The first-order chi connectivity index (χ1) is 3.25. The molecule has 0 rings (SSSR count). The fourth-order valence-corrected chi connectivity index (χ4v) is 0. The van der Waals surface area contributed by atoms with E-state index in [1.54, 1.807) is 20.8 Å². The van der Waals surface area contributed by atoms with Crippen molar-refractivity contribution < 1.29 is 4.39 Å². The van der Waals surface area contributed by atoms with E-state index in [1.807, 2.05) is 0 Å². The molecule has 0 saturated carbocycles. The van der Waals surface area contributed by atoms with E-state index in [1.165, 1.54) is 0 Å². The van der Waals surface area contributed by atoms with Gasteiger partial charge in [-0.1, -0.05) is 20.8 Å². The van der Waals surface area contributed by atoms with Gasteiger partial charge in [0.15, 0.2) is 0 Å². The first kappa shape index (κ1) is 8.06. The van der Waals surface area contributed by atoms with Crippen LogP contribution in [0.15, 0.2) is 0 Å². The normalized spacial score (nSPS) is 14.0. The maximum Gasteiger partial charge on any atom is 0.107 e. The molecule has 0 nitrogen and oxygen atoms in total. The molecule has 0 bridgehead atoms. The van der Waals surface area contributed by atoms with Crippen LogP contribution in [0.1, 0.15) is 20.8 Å². The molecule has 0 atom stereocenters. The summed E-state index contributed by atoms with van der Waals surface area (Å²) in [6, 6.07) is 0. The fraction of sp³-hybridized carbons (Fsp3) is 1.00. The van der Waals surface area contributed by atoms with Gasteiger partial charge in [0.05, 0.1) is 0 Å². The predicted molar refractivity (Wildman–Crippen MR) is 34.8 cm³/mol. The Morgan fingerprint density at radius 1 is 1.12 bits per heavy atom. The van der Waals surface area contributed by atoms with Crippen molar-refractivity contribution in [2.24, 2.45) is 5.41 Å². The quantitative estimate of drug-likeness (QED) is 0.407. The highest BCUT2D eigenvalue weighted by atomic mass is 19.1. The standard InChI is InChI=1S/C5H9B2F/c1-4(2,3)5(6,7)8/h1-3H3. The van der Waals surface area contributed by atoms with Crippen LogP contribution in [0, 0.1) is 5.41 Å². The summed E-state index contributed by atoms with van der Waals surface area (Å²) in [4.78, 5) is 0. The molecule has 0 unspecified atom stereocenters. The topological polar surface area (TPSA) is 0 Å². The third-order valence-corrected chi connectivity index (χ3v) is 1.15. The molecule has 0 aliphatic heterocycles. The highest BCUT2D eigenvalue weighted by Crippen LogP contribution is 2.27. The van der Waals surface area contributed by atoms with E-state index in [-0.39, 0.29) is 0 Å². The summed E-state index contributed by atoms with van der Waals surface area (Å²) < 4.78 is 12.5. The Kier molecular flexibility index (Phi) is 1.80. The Balaban J connectivity index is 4.02. The molecule has 8 heavy (non-hydrogen) atoms. The average molecular weight is 110 g/mol. The molecule has 0 fully saturated rings. The van der Waals surface area contributed by atoms with Crippen LogP contribution in [0.3, 0.4) is 0 Å². The van der Waals surface area contributed by atoms with Gasteiger partial charge >= 0.3 is 0 Å². The van der Waals surface area contributed by atoms with Gasteiger partial charge in [-0.3, -0.25) is 4.39 Å². The van der Waals surface area contributed by atoms with Gasteiger partial charge in [0.2, 0.25) is 0 Å². The molecule has 0 N–H and O–H groups in total. The summed E-state index contributed by atoms with van der Waals surface area (Å²) in [6.07, 6.45) is 0. The molecule has 0 heterocycles. The first-order valence-electron chi connectivity index (χ1n) is 2.52. The molecule has 4 radical (unpaired) electrons. The van der Waals surface area contributed by atoms with Gasteiger partial charge in [-0.25, -0.2) is 0 Å². The van der Waals surface area contributed by atoms with E-state index in [0.717, 1.165) is 0 Å². The molecule has 0 saturated heterocycles. The summed E-state index contributed by atoms with van der Waals surface area (Å²) in [6.45, 7) is 4.94. The highest BCUT2D eigenvalue weighted by Gasteiger charge is 2.30. The Morgan fingerprint density at radius 2 is 1.25 bits per heavy atom. The zero-order valence-electron chi connectivity index (χ0n) is 5.53. The number of rotatable bonds is 0. The minimum absolute atomic E-state index is 0.674. The highest BCUT2D eigenvalue weighted by molar-refractivity contribution is 6.39. The molecule has 0 aromatic heterocycles. The van der Waals surface area contributed by atoms with Crippen molar-refractivity contribution in [2.75, 3.05) is 0 Å². The Bertz CT molecular complexity index is 65.4. The van der Waals surface area contributed by atoms with Gasteiger partial charge < -0.3 is 0 Å². The van der Waals surface area contributed by atoms with Gasteiger partial charge in [0.1, 0.15) is 15.7 Å². The summed E-state index contributed by atoms with van der Waals surface area (Å²) in [5.74, 6) is 0. The lowest BCUT2D eigenvalue weighted by Crippen LogP contribution is -2.39. The molecule has 0 aliphatic carbocycles. The maximum atomic E-state index is 12.5. The van der Waals surface area contributed by atoms with E-state index in [2.05, 4.69) is 0 Å². The molecular formula is C5H9B2F. The SMILES string of the molecule is [B]C([B])(F)C(C)(C)C. The van der Waals surface area contributed by atoms with E-state index in [9.17, 15) is 4.39 Å². The zero-order valence-corrected chi connectivity index (χ0v) is 5.53. The average Bonchev–Trinajstić information content (AvgIpc) is 1.25. The summed E-state index contributed by atoms with van der Waals surface area (Å²) in [7, 11) is 9.85. The number of halogens is 1. The Labute approximate surface area is 52.7 Å². The van der Waals surface area contributed by atoms with Crippen molar-refractivity contribution in [1.29, 1.82) is 0 Å². The van der Waals surface area contributed by atoms with Crippen LogP contribution < -0.4 is 0 Å². The Hall–Kier alpha value is 0.0599. The number of hydrogen-bond acceptors (Lipinski definition) is 0. The monoisotopic (exact) mass is 110 g/mol.